The van der Waals surface area contributed by atoms with Crippen LogP contribution in [0.25, 0.3) is 0 Å². The summed E-state index contributed by atoms with van der Waals surface area (Å²) in [6, 6.07) is 9.89. The molecular formula is C23H18Cl2F3N3O3. The molecular weight excluding hydrogens is 494 g/mol. The highest BCUT2D eigenvalue weighted by atomic mass is 35.5. The van der Waals surface area contributed by atoms with Gasteiger partial charge < -0.3 is 20.1 Å². The number of carboxylic acids is 1. The quantitative estimate of drug-likeness (QED) is 0.325. The fourth-order valence-electron chi connectivity index (χ4n) is 3.73. The number of benzene rings is 2. The molecule has 2 unspecified atom stereocenters. The Balaban J connectivity index is 1.73. The van der Waals surface area contributed by atoms with Gasteiger partial charge in [0.25, 0.3) is 0 Å². The van der Waals surface area contributed by atoms with Crippen LogP contribution in [-0.4, -0.2) is 28.7 Å². The van der Waals surface area contributed by atoms with E-state index in [0.29, 0.717) is 5.75 Å². The van der Waals surface area contributed by atoms with Gasteiger partial charge in [0, 0.05) is 18.7 Å². The molecule has 0 saturated heterocycles. The van der Waals surface area contributed by atoms with Gasteiger partial charge in [0.2, 0.25) is 0 Å². The van der Waals surface area contributed by atoms with E-state index in [1.807, 2.05) is 12.1 Å². The molecule has 11 heteroatoms. The van der Waals surface area contributed by atoms with Gasteiger partial charge in [0.1, 0.15) is 17.1 Å². The second kappa shape index (κ2) is 9.60. The number of ether oxygens (including phenoxy) is 1. The van der Waals surface area contributed by atoms with Crippen molar-refractivity contribution in [3.8, 4) is 5.75 Å². The third-order valence-corrected chi connectivity index (χ3v) is 6.26. The van der Waals surface area contributed by atoms with E-state index in [2.05, 4.69) is 10.3 Å². The molecule has 1 aliphatic rings. The summed E-state index contributed by atoms with van der Waals surface area (Å²) in [7, 11) is 1.55. The molecule has 0 radical (unpaired) electrons. The summed E-state index contributed by atoms with van der Waals surface area (Å²) in [5, 5.41) is 12.6. The van der Waals surface area contributed by atoms with Crippen molar-refractivity contribution in [2.75, 3.05) is 17.3 Å². The normalized spacial score (nSPS) is 17.3. The van der Waals surface area contributed by atoms with E-state index in [1.54, 1.807) is 19.2 Å². The predicted molar refractivity (Wildman–Crippen MR) is 122 cm³/mol. The van der Waals surface area contributed by atoms with Gasteiger partial charge >= 0.3 is 5.97 Å². The molecule has 3 aromatic rings. The first-order valence-electron chi connectivity index (χ1n) is 10.1. The van der Waals surface area contributed by atoms with E-state index in [9.17, 15) is 18.7 Å². The molecule has 2 heterocycles. The van der Waals surface area contributed by atoms with Crippen LogP contribution in [0.1, 0.15) is 11.1 Å². The molecule has 0 spiro atoms. The summed E-state index contributed by atoms with van der Waals surface area (Å²) < 4.78 is 48.1. The van der Waals surface area contributed by atoms with Crippen LogP contribution in [0.2, 0.25) is 5.02 Å². The topological polar surface area (TPSA) is 74.7 Å². The van der Waals surface area contributed by atoms with Gasteiger partial charge in [0.15, 0.2) is 23.3 Å². The highest BCUT2D eigenvalue weighted by Gasteiger charge is 2.40. The van der Waals surface area contributed by atoms with Crippen LogP contribution < -0.4 is 15.0 Å². The molecule has 0 aliphatic carbocycles. The fourth-order valence-corrected chi connectivity index (χ4v) is 4.33. The maximum atomic E-state index is 15.0. The van der Waals surface area contributed by atoms with Crippen LogP contribution in [0, 0.1) is 23.4 Å². The van der Waals surface area contributed by atoms with Crippen LogP contribution in [0.3, 0.4) is 0 Å². The summed E-state index contributed by atoms with van der Waals surface area (Å²) >= 11 is 12.6. The van der Waals surface area contributed by atoms with Crippen molar-refractivity contribution < 1.29 is 27.8 Å². The number of carbonyl (C=O) groups is 1. The number of pyridine rings is 1. The van der Waals surface area contributed by atoms with Crippen molar-refractivity contribution in [2.24, 2.45) is 5.92 Å². The van der Waals surface area contributed by atoms with Crippen molar-refractivity contribution in [3.63, 3.8) is 0 Å². The van der Waals surface area contributed by atoms with E-state index in [-0.39, 0.29) is 40.9 Å². The Hall–Kier alpha value is -3.17. The van der Waals surface area contributed by atoms with E-state index in [1.165, 1.54) is 0 Å². The number of alkyl halides is 1. The van der Waals surface area contributed by atoms with Crippen LogP contribution in [0.4, 0.5) is 30.5 Å². The Bertz CT molecular complexity index is 1240. The molecule has 2 aromatic carbocycles. The largest absolute Gasteiger partial charge is 0.497 e. The lowest BCUT2D eigenvalue weighted by Gasteiger charge is -2.38. The van der Waals surface area contributed by atoms with Crippen LogP contribution >= 0.6 is 23.2 Å². The Morgan fingerprint density at radius 3 is 2.50 bits per heavy atom. The molecule has 2 N–H and O–H groups in total. The van der Waals surface area contributed by atoms with Crippen molar-refractivity contribution in [3.05, 3.63) is 76.1 Å². The average molecular weight is 512 g/mol. The third kappa shape index (κ3) is 4.58. The highest BCUT2D eigenvalue weighted by molar-refractivity contribution is 6.33. The minimum atomic E-state index is -1.33. The number of aliphatic carboxylic acids is 1. The molecule has 0 amide bonds. The Labute approximate surface area is 202 Å². The number of nitrogens with one attached hydrogen (secondary N) is 1. The molecule has 0 saturated carbocycles. The van der Waals surface area contributed by atoms with E-state index in [0.717, 1.165) is 28.7 Å². The zero-order valence-corrected chi connectivity index (χ0v) is 19.2. The zero-order valence-electron chi connectivity index (χ0n) is 17.7. The van der Waals surface area contributed by atoms with E-state index < -0.39 is 34.8 Å². The molecule has 178 valence electrons. The van der Waals surface area contributed by atoms with Crippen molar-refractivity contribution in [1.29, 1.82) is 0 Å². The van der Waals surface area contributed by atoms with E-state index >= 15 is 4.39 Å². The second-order valence-corrected chi connectivity index (χ2v) is 8.47. The van der Waals surface area contributed by atoms with Crippen molar-refractivity contribution in [2.45, 2.75) is 18.5 Å². The summed E-state index contributed by atoms with van der Waals surface area (Å²) in [6.45, 7) is 0.278. The molecule has 34 heavy (non-hydrogen) atoms. The number of aromatic nitrogens is 1. The summed E-state index contributed by atoms with van der Waals surface area (Å²) in [5.74, 6) is -5.35. The Morgan fingerprint density at radius 1 is 1.18 bits per heavy atom. The lowest BCUT2D eigenvalue weighted by molar-refractivity contribution is -0.141. The van der Waals surface area contributed by atoms with Crippen molar-refractivity contribution >= 4 is 46.5 Å². The van der Waals surface area contributed by atoms with E-state index in [4.69, 9.17) is 27.9 Å². The minimum Gasteiger partial charge on any atom is -0.497 e. The molecule has 0 bridgehead atoms. The number of anilines is 3. The maximum Gasteiger partial charge on any atom is 0.310 e. The number of hydrogen-bond acceptors (Lipinski definition) is 5. The number of hydrogen-bond donors (Lipinski definition) is 2. The second-order valence-electron chi connectivity index (χ2n) is 7.61. The monoisotopic (exact) mass is 511 g/mol. The lowest BCUT2D eigenvalue weighted by Crippen LogP contribution is -2.43. The van der Waals surface area contributed by atoms with Crippen LogP contribution in [-0.2, 0) is 17.8 Å². The first kappa shape index (κ1) is 24.0. The number of rotatable bonds is 6. The number of carboxylic acid groups (broad SMARTS) is 1. The van der Waals surface area contributed by atoms with Gasteiger partial charge in [-0.15, -0.1) is 0 Å². The molecule has 1 aliphatic heterocycles. The first-order valence-corrected chi connectivity index (χ1v) is 10.9. The fraction of sp³-hybridized carbons (Fsp3) is 0.217. The minimum absolute atomic E-state index is 0.0197. The smallest absolute Gasteiger partial charge is 0.310 e. The SMILES string of the molecule is COc1ccc(CNc2nc(N3c4cc(F)c(F)cc4CC(C(=O)O)C3Cl)c(F)cc2Cl)cc1. The number of nitrogens with zero attached hydrogens (tertiary/aromatic N) is 2. The standard InChI is InChI=1S/C23H18Cl2F3N3O3/c1-34-13-4-2-11(3-5-13)10-29-21-15(24)8-18(28)22(30-21)31-19-9-17(27)16(26)7-12(19)6-14(20(31)25)23(32)33/h2-5,7-9,14,20H,6,10H2,1H3,(H,29,30)(H,32,33). The highest BCUT2D eigenvalue weighted by Crippen LogP contribution is 2.43. The zero-order chi connectivity index (χ0) is 24.6. The lowest BCUT2D eigenvalue weighted by atomic mass is 9.92. The molecule has 1 aromatic heterocycles. The van der Waals surface area contributed by atoms with Gasteiger partial charge in [-0.2, -0.15) is 0 Å². The van der Waals surface area contributed by atoms with Gasteiger partial charge in [0.05, 0.1) is 23.7 Å². The molecule has 0 fully saturated rings. The number of methoxy groups -OCH3 is 1. The van der Waals surface area contributed by atoms with Crippen molar-refractivity contribution in [1.82, 2.24) is 4.98 Å². The van der Waals surface area contributed by atoms with Crippen LogP contribution in [0.5, 0.6) is 5.75 Å². The van der Waals surface area contributed by atoms with Gasteiger partial charge in [-0.25, -0.2) is 18.2 Å². The maximum absolute atomic E-state index is 15.0. The predicted octanol–water partition coefficient (Wildman–Crippen LogP) is 5.73. The Morgan fingerprint density at radius 2 is 1.85 bits per heavy atom. The van der Waals surface area contributed by atoms with Gasteiger partial charge in [-0.3, -0.25) is 4.79 Å². The summed E-state index contributed by atoms with van der Waals surface area (Å²) in [5.41, 5.74) is -0.294. The van der Waals surface area contributed by atoms with Crippen LogP contribution in [0.15, 0.2) is 42.5 Å². The summed E-state index contributed by atoms with van der Waals surface area (Å²) in [6.07, 6.45) is -0.162. The van der Waals surface area contributed by atoms with Gasteiger partial charge in [-0.05, 0) is 35.7 Å². The first-order chi connectivity index (χ1) is 16.2. The Kier molecular flexibility index (Phi) is 6.77. The molecule has 2 atom stereocenters. The number of halogens is 5. The summed E-state index contributed by atoms with van der Waals surface area (Å²) in [4.78, 5) is 17.1. The molecule has 4 rings (SSSR count). The average Bonchev–Trinajstić information content (AvgIpc) is 2.80. The third-order valence-electron chi connectivity index (χ3n) is 5.47. The molecule has 6 nitrogen and oxygen atoms in total. The number of fused-ring (bicyclic) bond motifs is 1. The van der Waals surface area contributed by atoms with Gasteiger partial charge in [-0.1, -0.05) is 35.3 Å².